The molecule has 1 nitrogen and oxygen atoms in total. The Labute approximate surface area is 213 Å². The molecule has 5 rings (SSSR count). The van der Waals surface area contributed by atoms with Crippen molar-refractivity contribution >= 4 is 16.0 Å². The first kappa shape index (κ1) is 27.0. The molecule has 0 saturated heterocycles. The molecule has 8 atom stereocenters. The van der Waals surface area contributed by atoms with Crippen molar-refractivity contribution < 1.29 is 0 Å². The fourth-order valence-corrected chi connectivity index (χ4v) is 9.42. The standard InChI is InChI=1S/C28H40NSe.C2H6.CH4/c1-18-14-15-28(30)22(17-18)8-9-26-25-11-10-23(24(25)12-13-27(26)28)19(2)6-7-21-5-4-16-29-20(21)3;1-2;/h4-5,8,16,18-19,23-27H,6-7,9-15,17H2,1-3H3;1-2H3;1H4. The molecule has 2 heteroatoms. The first-order valence-corrected chi connectivity index (χ1v) is 14.6. The van der Waals surface area contributed by atoms with Crippen LogP contribution in [0.5, 0.6) is 0 Å². The van der Waals surface area contributed by atoms with E-state index in [0.29, 0.717) is 4.31 Å². The molecular weight excluding hydrogens is 465 g/mol. The zero-order valence-electron chi connectivity index (χ0n) is 21.3. The zero-order valence-corrected chi connectivity index (χ0v) is 23.0. The van der Waals surface area contributed by atoms with Crippen LogP contribution in [0.15, 0.2) is 30.0 Å². The number of allylic oxidation sites excluding steroid dienone is 2. The summed E-state index contributed by atoms with van der Waals surface area (Å²) < 4.78 is 0.419. The third-order valence-corrected chi connectivity index (χ3v) is 11.5. The zero-order chi connectivity index (χ0) is 22.9. The van der Waals surface area contributed by atoms with Gasteiger partial charge in [-0.1, -0.05) is 21.3 Å². The quantitative estimate of drug-likeness (QED) is 0.288. The van der Waals surface area contributed by atoms with Crippen LogP contribution >= 0.6 is 0 Å². The van der Waals surface area contributed by atoms with Crippen molar-refractivity contribution in [2.75, 3.05) is 0 Å². The van der Waals surface area contributed by atoms with Gasteiger partial charge in [0.25, 0.3) is 0 Å². The van der Waals surface area contributed by atoms with Gasteiger partial charge in [0.1, 0.15) is 0 Å². The van der Waals surface area contributed by atoms with E-state index in [2.05, 4.69) is 60.0 Å². The van der Waals surface area contributed by atoms with Crippen LogP contribution in [0.25, 0.3) is 0 Å². The van der Waals surface area contributed by atoms with E-state index in [4.69, 9.17) is 0 Å². The van der Waals surface area contributed by atoms with Gasteiger partial charge in [-0.05, 0) is 0 Å². The molecule has 4 aliphatic rings. The first-order chi connectivity index (χ1) is 15.5. The third kappa shape index (κ3) is 5.18. The van der Waals surface area contributed by atoms with Crippen LogP contribution in [0.4, 0.5) is 0 Å². The van der Waals surface area contributed by atoms with Crippen LogP contribution in [0.3, 0.4) is 0 Å². The maximum absolute atomic E-state index is 4.50. The average Bonchev–Trinajstić information content (AvgIpc) is 3.25. The van der Waals surface area contributed by atoms with E-state index in [1.54, 1.807) is 5.57 Å². The topological polar surface area (TPSA) is 12.9 Å². The van der Waals surface area contributed by atoms with Gasteiger partial charge in [-0.25, -0.2) is 0 Å². The van der Waals surface area contributed by atoms with E-state index in [0.717, 1.165) is 41.4 Å². The molecule has 0 N–H and O–H groups in total. The molecule has 0 aliphatic heterocycles. The molecule has 1 aromatic rings. The normalized spacial score (nSPS) is 37.8. The molecular formula is C31H50NSe. The van der Waals surface area contributed by atoms with Crippen LogP contribution in [0.2, 0.25) is 4.31 Å². The van der Waals surface area contributed by atoms with Gasteiger partial charge in [-0.3, -0.25) is 0 Å². The predicted octanol–water partition coefficient (Wildman–Crippen LogP) is 8.77. The van der Waals surface area contributed by atoms with Crippen molar-refractivity contribution in [1.29, 1.82) is 0 Å². The van der Waals surface area contributed by atoms with E-state index in [-0.39, 0.29) is 7.43 Å². The average molecular weight is 516 g/mol. The summed E-state index contributed by atoms with van der Waals surface area (Å²) in [4.78, 5) is 4.50. The van der Waals surface area contributed by atoms with Gasteiger partial charge in [-0.2, -0.15) is 0 Å². The second-order valence-corrected chi connectivity index (χ2v) is 12.9. The molecule has 185 valence electrons. The monoisotopic (exact) mass is 516 g/mol. The minimum atomic E-state index is 0. The summed E-state index contributed by atoms with van der Waals surface area (Å²) in [7, 11) is 0. The van der Waals surface area contributed by atoms with Crippen molar-refractivity contribution in [2.24, 2.45) is 41.4 Å². The molecule has 3 saturated carbocycles. The Morgan fingerprint density at radius 1 is 1.09 bits per heavy atom. The molecule has 1 heterocycles. The van der Waals surface area contributed by atoms with Crippen LogP contribution in [0.1, 0.15) is 104 Å². The minimum absolute atomic E-state index is 0. The summed E-state index contributed by atoms with van der Waals surface area (Å²) in [6.07, 6.45) is 18.7. The predicted molar refractivity (Wildman–Crippen MR) is 145 cm³/mol. The summed E-state index contributed by atoms with van der Waals surface area (Å²) in [5.74, 6) is 6.59. The Hall–Kier alpha value is -0.591. The third-order valence-electron chi connectivity index (χ3n) is 9.88. The van der Waals surface area contributed by atoms with Crippen molar-refractivity contribution in [2.45, 2.75) is 111 Å². The number of aromatic nitrogens is 1. The van der Waals surface area contributed by atoms with Crippen molar-refractivity contribution in [3.8, 4) is 0 Å². The van der Waals surface area contributed by atoms with Crippen LogP contribution in [-0.4, -0.2) is 21.0 Å². The van der Waals surface area contributed by atoms with Gasteiger partial charge in [0.15, 0.2) is 0 Å². The van der Waals surface area contributed by atoms with Gasteiger partial charge >= 0.3 is 187 Å². The number of nitrogens with zero attached hydrogens (tertiary/aromatic N) is 1. The molecule has 3 fully saturated rings. The van der Waals surface area contributed by atoms with Gasteiger partial charge in [0.05, 0.1) is 0 Å². The molecule has 1 radical (unpaired) electrons. The molecule has 0 bridgehead atoms. The number of hydrogen-bond acceptors (Lipinski definition) is 1. The summed E-state index contributed by atoms with van der Waals surface area (Å²) in [6.45, 7) is 11.2. The van der Waals surface area contributed by atoms with E-state index in [1.807, 2.05) is 20.0 Å². The maximum atomic E-state index is 4.50. The number of hydrogen-bond donors (Lipinski definition) is 0. The number of rotatable bonds is 4. The molecule has 4 aliphatic carbocycles. The summed E-state index contributed by atoms with van der Waals surface area (Å²) in [5, 5.41) is 0. The summed E-state index contributed by atoms with van der Waals surface area (Å²) >= 11 is 3.80. The summed E-state index contributed by atoms with van der Waals surface area (Å²) in [6, 6.07) is 4.39. The molecule has 0 amide bonds. The molecule has 1 aromatic heterocycles. The number of fused-ring (bicyclic) bond motifs is 5. The van der Waals surface area contributed by atoms with E-state index in [9.17, 15) is 0 Å². The van der Waals surface area contributed by atoms with E-state index < -0.39 is 0 Å². The Morgan fingerprint density at radius 2 is 1.85 bits per heavy atom. The van der Waals surface area contributed by atoms with Crippen LogP contribution in [0, 0.1) is 48.3 Å². The second-order valence-electron chi connectivity index (χ2n) is 11.4. The fourth-order valence-electron chi connectivity index (χ4n) is 8.21. The van der Waals surface area contributed by atoms with E-state index >= 15 is 0 Å². The summed E-state index contributed by atoms with van der Waals surface area (Å²) in [5.41, 5.74) is 4.49. The SMILES string of the molecule is C.CC.Cc1ncccc1CCC(C)C1CCC2C1CCC1C2CC=C2CC(C)CCC21[Se]. The number of pyridine rings is 1. The van der Waals surface area contributed by atoms with Crippen molar-refractivity contribution in [3.05, 3.63) is 41.2 Å². The van der Waals surface area contributed by atoms with Crippen LogP contribution < -0.4 is 0 Å². The Balaban J connectivity index is 0.000000994. The van der Waals surface area contributed by atoms with Gasteiger partial charge in [-0.15, -0.1) is 0 Å². The Morgan fingerprint density at radius 3 is 2.61 bits per heavy atom. The molecule has 8 unspecified atom stereocenters. The fraction of sp³-hybridized carbons (Fsp3) is 0.774. The van der Waals surface area contributed by atoms with Gasteiger partial charge in [0, 0.05) is 6.20 Å². The molecule has 0 aromatic carbocycles. The first-order valence-electron chi connectivity index (χ1n) is 13.8. The second kappa shape index (κ2) is 11.4. The van der Waals surface area contributed by atoms with Crippen LogP contribution in [-0.2, 0) is 6.42 Å². The van der Waals surface area contributed by atoms with Gasteiger partial charge < -0.3 is 0 Å². The Kier molecular flexibility index (Phi) is 9.35. The van der Waals surface area contributed by atoms with E-state index in [1.165, 1.54) is 75.5 Å². The Bertz CT molecular complexity index is 800. The van der Waals surface area contributed by atoms with Crippen molar-refractivity contribution in [1.82, 2.24) is 4.98 Å². The number of aryl methyl sites for hydroxylation is 2. The molecule has 33 heavy (non-hydrogen) atoms. The van der Waals surface area contributed by atoms with Crippen molar-refractivity contribution in [3.63, 3.8) is 0 Å². The molecule has 0 spiro atoms. The van der Waals surface area contributed by atoms with Gasteiger partial charge in [0.2, 0.25) is 0 Å².